The number of benzene rings is 2. The van der Waals surface area contributed by atoms with Gasteiger partial charge in [0.1, 0.15) is 33.9 Å². The van der Waals surface area contributed by atoms with Crippen molar-refractivity contribution in [3.8, 4) is 22.9 Å². The summed E-state index contributed by atoms with van der Waals surface area (Å²) < 4.78 is 13.0. The number of nitrogens with one attached hydrogen (secondary N) is 3. The number of aromatic nitrogens is 3. The van der Waals surface area contributed by atoms with Crippen molar-refractivity contribution >= 4 is 52.6 Å². The van der Waals surface area contributed by atoms with Crippen LogP contribution in [0.4, 0.5) is 26.9 Å². The maximum absolute atomic E-state index is 13.3. The predicted molar refractivity (Wildman–Crippen MR) is 191 cm³/mol. The molecule has 4 aromatic rings. The zero-order valence-corrected chi connectivity index (χ0v) is 29.7. The number of rotatable bonds is 9. The van der Waals surface area contributed by atoms with Gasteiger partial charge in [0.25, 0.3) is 0 Å². The Morgan fingerprint density at radius 1 is 1.02 bits per heavy atom. The molecule has 2 aromatic carbocycles. The summed E-state index contributed by atoms with van der Waals surface area (Å²) in [7, 11) is 5.52. The van der Waals surface area contributed by atoms with Gasteiger partial charge in [-0.25, -0.2) is 19.3 Å². The molecule has 0 spiro atoms. The predicted octanol–water partition coefficient (Wildman–Crippen LogP) is 6.98. The van der Waals surface area contributed by atoms with E-state index in [1.54, 1.807) is 58.1 Å². The monoisotopic (exact) mass is 710 g/mol. The van der Waals surface area contributed by atoms with Gasteiger partial charge in [0.05, 0.1) is 35.8 Å². The lowest BCUT2D eigenvalue weighted by atomic mass is 9.92. The van der Waals surface area contributed by atoms with Crippen LogP contribution in [0, 0.1) is 0 Å². The topological polar surface area (TPSA) is 146 Å². The molecule has 0 aliphatic carbocycles. The first kappa shape index (κ1) is 35.7. The average Bonchev–Trinajstić information content (AvgIpc) is 3.73. The Morgan fingerprint density at radius 3 is 2.47 bits per heavy atom. The highest BCUT2D eigenvalue weighted by Crippen LogP contribution is 2.40. The third-order valence-corrected chi connectivity index (χ3v) is 8.94. The number of likely N-dealkylation sites (N-methyl/N-ethyl adjacent to an activating group) is 1. The van der Waals surface area contributed by atoms with Gasteiger partial charge in [-0.1, -0.05) is 50.0 Å². The summed E-state index contributed by atoms with van der Waals surface area (Å²) in [5, 5.41) is 22.9. The largest absolute Gasteiger partial charge is 0.496 e. The number of ether oxygens (including phenoxy) is 2. The van der Waals surface area contributed by atoms with E-state index >= 15 is 0 Å². The number of hydrogen-bond acceptors (Lipinski definition) is 8. The summed E-state index contributed by atoms with van der Waals surface area (Å²) in [6.45, 7) is 7.16. The second-order valence-corrected chi connectivity index (χ2v) is 13.6. The summed E-state index contributed by atoms with van der Waals surface area (Å²) >= 11 is 13.2. The lowest BCUT2D eigenvalue weighted by Gasteiger charge is -2.20. The van der Waals surface area contributed by atoms with Crippen LogP contribution in [-0.2, 0) is 12.0 Å². The molecular weight excluding hydrogens is 671 g/mol. The maximum Gasteiger partial charge on any atom is 0.324 e. The standard InChI is InChI=1S/C34H40Cl2N8O5/c1-34(2,3)27-17-29(44(41-27)21-8-7-20(19-45)26(15-21)48-6)40-32(46)38-24-9-10-25(31(36)30(24)35)49-23-11-13-37-28(16-23)39-33(47)43-14-12-22(18-43)42(4)5/h7-11,13,15-17,22,45H,12,14,18-19H2,1-6H3,(H,37,39,47)(H2,38,40,46). The van der Waals surface area contributed by atoms with Crippen LogP contribution in [0.5, 0.6) is 17.2 Å². The van der Waals surface area contributed by atoms with Gasteiger partial charge in [0, 0.05) is 54.5 Å². The average molecular weight is 712 g/mol. The lowest BCUT2D eigenvalue weighted by molar-refractivity contribution is 0.216. The molecule has 15 heteroatoms. The molecule has 49 heavy (non-hydrogen) atoms. The number of urea groups is 2. The smallest absolute Gasteiger partial charge is 0.324 e. The molecule has 260 valence electrons. The van der Waals surface area contributed by atoms with Gasteiger partial charge < -0.3 is 29.7 Å². The van der Waals surface area contributed by atoms with E-state index in [-0.39, 0.29) is 39.5 Å². The van der Waals surface area contributed by atoms with Crippen LogP contribution in [0.15, 0.2) is 54.7 Å². The molecule has 0 bridgehead atoms. The highest BCUT2D eigenvalue weighted by molar-refractivity contribution is 6.45. The molecule has 1 aliphatic heterocycles. The van der Waals surface area contributed by atoms with Gasteiger partial charge in [0.2, 0.25) is 0 Å². The van der Waals surface area contributed by atoms with E-state index in [1.807, 2.05) is 34.9 Å². The Balaban J connectivity index is 1.28. The minimum absolute atomic E-state index is 0.0644. The molecule has 13 nitrogen and oxygen atoms in total. The zero-order chi connectivity index (χ0) is 35.5. The summed E-state index contributed by atoms with van der Waals surface area (Å²) in [6.07, 6.45) is 2.42. The fraction of sp³-hybridized carbons (Fsp3) is 0.353. The first-order valence-electron chi connectivity index (χ1n) is 15.6. The SMILES string of the molecule is COc1cc(-n2nc(C(C)(C)C)cc2NC(=O)Nc2ccc(Oc3ccnc(NC(=O)N4CCC(N(C)C)C4)c3)c(Cl)c2Cl)ccc1CO. The van der Waals surface area contributed by atoms with Crippen LogP contribution in [-0.4, -0.2) is 82.1 Å². The Morgan fingerprint density at radius 2 is 1.80 bits per heavy atom. The molecule has 3 heterocycles. The summed E-state index contributed by atoms with van der Waals surface area (Å²) in [6, 6.07) is 12.9. The second kappa shape index (κ2) is 14.9. The zero-order valence-electron chi connectivity index (χ0n) is 28.2. The highest BCUT2D eigenvalue weighted by atomic mass is 35.5. The number of aliphatic hydroxyl groups is 1. The Hall–Kier alpha value is -4.56. The van der Waals surface area contributed by atoms with Crippen molar-refractivity contribution in [2.24, 2.45) is 0 Å². The number of anilines is 3. The number of amides is 4. The first-order valence-corrected chi connectivity index (χ1v) is 16.3. The van der Waals surface area contributed by atoms with Crippen LogP contribution < -0.4 is 25.4 Å². The van der Waals surface area contributed by atoms with E-state index in [2.05, 4.69) is 25.8 Å². The van der Waals surface area contributed by atoms with Crippen molar-refractivity contribution in [1.82, 2.24) is 24.6 Å². The van der Waals surface area contributed by atoms with Gasteiger partial charge in [-0.3, -0.25) is 10.6 Å². The molecule has 4 N–H and O–H groups in total. The summed E-state index contributed by atoms with van der Waals surface area (Å²) in [4.78, 5) is 34.2. The van der Waals surface area contributed by atoms with E-state index in [9.17, 15) is 14.7 Å². The molecule has 5 rings (SSSR count). The van der Waals surface area contributed by atoms with E-state index in [0.29, 0.717) is 53.5 Å². The van der Waals surface area contributed by atoms with Crippen molar-refractivity contribution in [2.45, 2.75) is 45.3 Å². The number of aliphatic hydroxyl groups excluding tert-OH is 1. The maximum atomic E-state index is 13.3. The number of pyridine rings is 1. The van der Waals surface area contributed by atoms with Crippen LogP contribution in [0.25, 0.3) is 5.69 Å². The van der Waals surface area contributed by atoms with Crippen LogP contribution in [0.3, 0.4) is 0 Å². The lowest BCUT2D eigenvalue weighted by Crippen LogP contribution is -2.36. The van der Waals surface area contributed by atoms with Crippen molar-refractivity contribution in [1.29, 1.82) is 0 Å². The Labute approximate surface area is 295 Å². The Kier molecular flexibility index (Phi) is 10.9. The van der Waals surface area contributed by atoms with Crippen molar-refractivity contribution in [3.05, 3.63) is 76.0 Å². The normalized spacial score (nSPS) is 14.6. The number of halogens is 2. The number of carbonyl (C=O) groups excluding carboxylic acids is 2. The first-order chi connectivity index (χ1) is 23.3. The van der Waals surface area contributed by atoms with Gasteiger partial charge >= 0.3 is 12.1 Å². The van der Waals surface area contributed by atoms with Crippen LogP contribution in [0.1, 0.15) is 38.4 Å². The quantitative estimate of drug-likeness (QED) is 0.146. The highest BCUT2D eigenvalue weighted by Gasteiger charge is 2.28. The number of methoxy groups -OCH3 is 1. The number of nitrogens with zero attached hydrogens (tertiary/aromatic N) is 5. The molecule has 1 fully saturated rings. The van der Waals surface area contributed by atoms with Crippen molar-refractivity contribution < 1.29 is 24.2 Å². The van der Waals surface area contributed by atoms with Gasteiger partial charge in [-0.2, -0.15) is 5.10 Å². The minimum atomic E-state index is -0.586. The summed E-state index contributed by atoms with van der Waals surface area (Å²) in [5.74, 6) is 1.82. The molecule has 1 unspecified atom stereocenters. The molecular formula is C34H40Cl2N8O5. The van der Waals surface area contributed by atoms with Gasteiger partial charge in [0.15, 0.2) is 0 Å². The van der Waals surface area contributed by atoms with Gasteiger partial charge in [-0.05, 0) is 44.8 Å². The van der Waals surface area contributed by atoms with E-state index in [4.69, 9.17) is 37.8 Å². The van der Waals surface area contributed by atoms with Crippen molar-refractivity contribution in [3.63, 3.8) is 0 Å². The molecule has 0 radical (unpaired) electrons. The fourth-order valence-corrected chi connectivity index (χ4v) is 5.62. The molecule has 4 amide bonds. The van der Waals surface area contributed by atoms with E-state index in [0.717, 1.165) is 12.1 Å². The minimum Gasteiger partial charge on any atom is -0.496 e. The molecule has 1 saturated heterocycles. The van der Waals surface area contributed by atoms with E-state index < -0.39 is 6.03 Å². The summed E-state index contributed by atoms with van der Waals surface area (Å²) in [5.41, 5.74) is 1.91. The van der Waals surface area contributed by atoms with Crippen molar-refractivity contribution in [2.75, 3.05) is 50.2 Å². The van der Waals surface area contributed by atoms with E-state index in [1.165, 1.54) is 13.3 Å². The number of likely N-dealkylation sites (tertiary alicyclic amines) is 1. The van der Waals surface area contributed by atoms with Crippen LogP contribution in [0.2, 0.25) is 10.0 Å². The van der Waals surface area contributed by atoms with Crippen LogP contribution >= 0.6 is 23.2 Å². The second-order valence-electron chi connectivity index (χ2n) is 12.8. The number of carbonyl (C=O) groups is 2. The number of hydrogen-bond donors (Lipinski definition) is 4. The Bertz CT molecular complexity index is 1840. The molecule has 1 aliphatic rings. The molecule has 0 saturated carbocycles. The molecule has 2 aromatic heterocycles. The third-order valence-electron chi connectivity index (χ3n) is 8.08. The van der Waals surface area contributed by atoms with Gasteiger partial charge in [-0.15, -0.1) is 0 Å². The fourth-order valence-electron chi connectivity index (χ4n) is 5.21. The third kappa shape index (κ3) is 8.36. The molecule has 1 atom stereocenters.